The summed E-state index contributed by atoms with van der Waals surface area (Å²) >= 11 is 5.21. The standard InChI is InChI=1S/C23H19N3O3S/c1-14-5-6-16(12-15(14)2)22-25-19-13-17(7-9-20(19)29-22)24-23(30)26-21(27)10-8-18-4-3-11-28-18/h3-13H,1-2H3,(H2,24,26,27,30). The highest BCUT2D eigenvalue weighted by Crippen LogP contribution is 2.27. The van der Waals surface area contributed by atoms with Crippen LogP contribution in [0.3, 0.4) is 0 Å². The average molecular weight is 417 g/mol. The van der Waals surface area contributed by atoms with Crippen LogP contribution in [0.5, 0.6) is 0 Å². The summed E-state index contributed by atoms with van der Waals surface area (Å²) in [4.78, 5) is 16.6. The number of rotatable bonds is 4. The first kappa shape index (κ1) is 19.6. The first-order valence-electron chi connectivity index (χ1n) is 9.30. The summed E-state index contributed by atoms with van der Waals surface area (Å²) in [6.07, 6.45) is 4.45. The van der Waals surface area contributed by atoms with Crippen LogP contribution in [0.1, 0.15) is 16.9 Å². The van der Waals surface area contributed by atoms with Crippen molar-refractivity contribution >= 4 is 46.1 Å². The maximum Gasteiger partial charge on any atom is 0.250 e. The monoisotopic (exact) mass is 417 g/mol. The van der Waals surface area contributed by atoms with Crippen molar-refractivity contribution < 1.29 is 13.6 Å². The fourth-order valence-corrected chi connectivity index (χ4v) is 3.08. The number of carbonyl (C=O) groups excluding carboxylic acids is 1. The van der Waals surface area contributed by atoms with Crippen molar-refractivity contribution in [3.8, 4) is 11.5 Å². The molecule has 0 atom stereocenters. The Morgan fingerprint density at radius 2 is 1.97 bits per heavy atom. The molecule has 150 valence electrons. The van der Waals surface area contributed by atoms with Gasteiger partial charge in [-0.05, 0) is 85.7 Å². The van der Waals surface area contributed by atoms with Crippen LogP contribution in [0.4, 0.5) is 5.69 Å². The first-order chi connectivity index (χ1) is 14.5. The number of oxazole rings is 1. The molecule has 2 aromatic heterocycles. The number of anilines is 1. The minimum absolute atomic E-state index is 0.182. The van der Waals surface area contributed by atoms with Crippen LogP contribution < -0.4 is 10.6 Å². The molecular weight excluding hydrogens is 398 g/mol. The zero-order chi connectivity index (χ0) is 21.1. The molecule has 30 heavy (non-hydrogen) atoms. The van der Waals surface area contributed by atoms with Gasteiger partial charge in [0, 0.05) is 17.3 Å². The van der Waals surface area contributed by atoms with Crippen LogP contribution in [0.2, 0.25) is 0 Å². The molecule has 0 bridgehead atoms. The predicted molar refractivity (Wildman–Crippen MR) is 121 cm³/mol. The predicted octanol–water partition coefficient (Wildman–Crippen LogP) is 5.23. The highest BCUT2D eigenvalue weighted by atomic mass is 32.1. The van der Waals surface area contributed by atoms with Gasteiger partial charge in [0.25, 0.3) is 0 Å². The number of fused-ring (bicyclic) bond motifs is 1. The fraction of sp³-hybridized carbons (Fsp3) is 0.0870. The van der Waals surface area contributed by atoms with E-state index in [2.05, 4.69) is 35.5 Å². The van der Waals surface area contributed by atoms with Gasteiger partial charge in [0.15, 0.2) is 10.7 Å². The van der Waals surface area contributed by atoms with Gasteiger partial charge < -0.3 is 14.2 Å². The van der Waals surface area contributed by atoms with Gasteiger partial charge in [0.2, 0.25) is 11.8 Å². The van der Waals surface area contributed by atoms with Crippen molar-refractivity contribution in [1.29, 1.82) is 0 Å². The number of carbonyl (C=O) groups is 1. The minimum Gasteiger partial charge on any atom is -0.465 e. The van der Waals surface area contributed by atoms with Crippen LogP contribution in [-0.4, -0.2) is 16.0 Å². The van der Waals surface area contributed by atoms with E-state index in [9.17, 15) is 4.79 Å². The van der Waals surface area contributed by atoms with E-state index in [4.69, 9.17) is 21.1 Å². The summed E-state index contributed by atoms with van der Waals surface area (Å²) in [6.45, 7) is 4.13. The van der Waals surface area contributed by atoms with Crippen molar-refractivity contribution in [1.82, 2.24) is 10.3 Å². The average Bonchev–Trinajstić information content (AvgIpc) is 3.37. The molecular formula is C23H19N3O3S. The maximum absolute atomic E-state index is 12.0. The molecule has 2 N–H and O–H groups in total. The van der Waals surface area contributed by atoms with Gasteiger partial charge in [-0.1, -0.05) is 6.07 Å². The number of nitrogens with zero attached hydrogens (tertiary/aromatic N) is 1. The Kier molecular flexibility index (Phi) is 5.45. The Labute approximate surface area is 178 Å². The van der Waals surface area contributed by atoms with Gasteiger partial charge >= 0.3 is 0 Å². The number of amides is 1. The maximum atomic E-state index is 12.0. The number of benzene rings is 2. The minimum atomic E-state index is -0.358. The number of hydrogen-bond acceptors (Lipinski definition) is 5. The van der Waals surface area contributed by atoms with Gasteiger partial charge in [0.1, 0.15) is 11.3 Å². The molecule has 1 amide bonds. The second-order valence-corrected chi connectivity index (χ2v) is 7.20. The van der Waals surface area contributed by atoms with Gasteiger partial charge in [-0.15, -0.1) is 0 Å². The quantitative estimate of drug-likeness (QED) is 0.350. The molecule has 7 heteroatoms. The summed E-state index contributed by atoms with van der Waals surface area (Å²) in [5.74, 6) is 0.785. The summed E-state index contributed by atoms with van der Waals surface area (Å²) in [7, 11) is 0. The lowest BCUT2D eigenvalue weighted by Gasteiger charge is -2.07. The lowest BCUT2D eigenvalue weighted by atomic mass is 10.1. The normalized spacial score (nSPS) is 11.1. The third-order valence-corrected chi connectivity index (χ3v) is 4.78. The van der Waals surface area contributed by atoms with Gasteiger partial charge in [-0.25, -0.2) is 4.98 Å². The summed E-state index contributed by atoms with van der Waals surface area (Å²) in [5, 5.41) is 5.76. The number of furan rings is 1. The Morgan fingerprint density at radius 1 is 1.10 bits per heavy atom. The van der Waals surface area contributed by atoms with E-state index in [1.807, 2.05) is 30.3 Å². The van der Waals surface area contributed by atoms with E-state index in [1.165, 1.54) is 23.5 Å². The van der Waals surface area contributed by atoms with Crippen molar-refractivity contribution in [2.24, 2.45) is 0 Å². The third kappa shape index (κ3) is 4.47. The second kappa shape index (κ2) is 8.34. The van der Waals surface area contributed by atoms with Crippen LogP contribution in [-0.2, 0) is 4.79 Å². The molecule has 6 nitrogen and oxygen atoms in total. The van der Waals surface area contributed by atoms with Crippen LogP contribution in [0, 0.1) is 13.8 Å². The van der Waals surface area contributed by atoms with Crippen molar-refractivity contribution in [2.75, 3.05) is 5.32 Å². The number of hydrogen-bond donors (Lipinski definition) is 2. The highest BCUT2D eigenvalue weighted by Gasteiger charge is 2.10. The van der Waals surface area contributed by atoms with Crippen molar-refractivity contribution in [2.45, 2.75) is 13.8 Å². The van der Waals surface area contributed by atoms with E-state index >= 15 is 0 Å². The summed E-state index contributed by atoms with van der Waals surface area (Å²) in [6, 6.07) is 15.0. The Balaban J connectivity index is 1.45. The van der Waals surface area contributed by atoms with Gasteiger partial charge in [0.05, 0.1) is 6.26 Å². The van der Waals surface area contributed by atoms with E-state index in [-0.39, 0.29) is 11.0 Å². The van der Waals surface area contributed by atoms with Crippen molar-refractivity contribution in [3.63, 3.8) is 0 Å². The Morgan fingerprint density at radius 3 is 2.73 bits per heavy atom. The molecule has 0 aliphatic rings. The molecule has 0 spiro atoms. The van der Waals surface area contributed by atoms with Crippen LogP contribution in [0.15, 0.2) is 69.7 Å². The number of thiocarbonyl (C=S) groups is 1. The number of aryl methyl sites for hydroxylation is 2. The molecule has 4 aromatic rings. The largest absolute Gasteiger partial charge is 0.465 e. The Bertz CT molecular complexity index is 1260. The second-order valence-electron chi connectivity index (χ2n) is 6.79. The molecule has 0 fully saturated rings. The SMILES string of the molecule is Cc1ccc(-c2nc3cc(NC(=S)NC(=O)C=Cc4ccco4)ccc3o2)cc1C. The van der Waals surface area contributed by atoms with E-state index in [0.29, 0.717) is 28.4 Å². The lowest BCUT2D eigenvalue weighted by Crippen LogP contribution is -2.32. The molecule has 0 aliphatic heterocycles. The summed E-state index contributed by atoms with van der Waals surface area (Å²) < 4.78 is 11.0. The smallest absolute Gasteiger partial charge is 0.250 e. The molecule has 2 heterocycles. The molecule has 4 rings (SSSR count). The third-order valence-electron chi connectivity index (χ3n) is 4.58. The molecule has 2 aromatic carbocycles. The van der Waals surface area contributed by atoms with E-state index < -0.39 is 0 Å². The molecule has 0 saturated heterocycles. The summed E-state index contributed by atoms with van der Waals surface area (Å²) in [5.41, 5.74) is 5.39. The zero-order valence-corrected chi connectivity index (χ0v) is 17.2. The molecule has 0 saturated carbocycles. The highest BCUT2D eigenvalue weighted by molar-refractivity contribution is 7.80. The van der Waals surface area contributed by atoms with Gasteiger partial charge in [-0.2, -0.15) is 0 Å². The first-order valence-corrected chi connectivity index (χ1v) is 9.70. The topological polar surface area (TPSA) is 80.3 Å². The van der Waals surface area contributed by atoms with Crippen LogP contribution >= 0.6 is 12.2 Å². The lowest BCUT2D eigenvalue weighted by molar-refractivity contribution is -0.115. The zero-order valence-electron chi connectivity index (χ0n) is 16.4. The number of aromatic nitrogens is 1. The van der Waals surface area contributed by atoms with Crippen LogP contribution in [0.25, 0.3) is 28.6 Å². The molecule has 0 radical (unpaired) electrons. The molecule has 0 aliphatic carbocycles. The Hall–Kier alpha value is -3.71. The number of nitrogens with one attached hydrogen (secondary N) is 2. The van der Waals surface area contributed by atoms with E-state index in [1.54, 1.807) is 18.2 Å². The van der Waals surface area contributed by atoms with Crippen molar-refractivity contribution in [3.05, 3.63) is 77.8 Å². The molecule has 0 unspecified atom stereocenters. The van der Waals surface area contributed by atoms with Gasteiger partial charge in [-0.3, -0.25) is 10.1 Å². The van der Waals surface area contributed by atoms with E-state index in [0.717, 1.165) is 5.56 Å². The fourth-order valence-electron chi connectivity index (χ4n) is 2.86.